The molecule has 0 aromatic heterocycles. The number of hydrogen-bond acceptors (Lipinski definition) is 2. The number of benzene rings is 1. The van der Waals surface area contributed by atoms with Crippen molar-refractivity contribution in [2.24, 2.45) is 11.8 Å². The van der Waals surface area contributed by atoms with Gasteiger partial charge in [-0.15, -0.1) is 0 Å². The van der Waals surface area contributed by atoms with Crippen LogP contribution in [0.15, 0.2) is 30.3 Å². The standard InChI is InChI=1S/C20H31NO/c1-16-14-21(15-18-9-5-3-6-10-18)17(2)13-20(16,22)19-11-7-4-8-12-19/h3,5-6,9-10,16-17,19,22H,4,7-8,11-15H2,1-2H3/t16-,17+,20-/m1/s1. The third-order valence-corrected chi connectivity index (χ3v) is 6.15. The lowest BCUT2D eigenvalue weighted by Gasteiger charge is -2.51. The molecule has 0 unspecified atom stereocenters. The molecule has 0 radical (unpaired) electrons. The van der Waals surface area contributed by atoms with Crippen molar-refractivity contribution in [3.8, 4) is 0 Å². The van der Waals surface area contributed by atoms with Gasteiger partial charge in [0.2, 0.25) is 0 Å². The highest BCUT2D eigenvalue weighted by Crippen LogP contribution is 2.43. The maximum absolute atomic E-state index is 11.4. The zero-order chi connectivity index (χ0) is 15.6. The number of nitrogens with zero attached hydrogens (tertiary/aromatic N) is 1. The average Bonchev–Trinajstić information content (AvgIpc) is 2.54. The summed E-state index contributed by atoms with van der Waals surface area (Å²) in [5.74, 6) is 0.896. The molecule has 1 aromatic carbocycles. The maximum atomic E-state index is 11.4. The summed E-state index contributed by atoms with van der Waals surface area (Å²) in [5.41, 5.74) is 0.942. The van der Waals surface area contributed by atoms with Gasteiger partial charge < -0.3 is 5.11 Å². The molecule has 1 saturated carbocycles. The summed E-state index contributed by atoms with van der Waals surface area (Å²) in [6.07, 6.45) is 7.37. The molecule has 2 fully saturated rings. The summed E-state index contributed by atoms with van der Waals surface area (Å²) < 4.78 is 0. The summed E-state index contributed by atoms with van der Waals surface area (Å²) in [6.45, 7) is 6.58. The largest absolute Gasteiger partial charge is 0.389 e. The first-order valence-electron chi connectivity index (χ1n) is 9.10. The van der Waals surface area contributed by atoms with E-state index in [0.717, 1.165) is 19.5 Å². The van der Waals surface area contributed by atoms with E-state index < -0.39 is 5.60 Å². The Kier molecular flexibility index (Phi) is 4.89. The number of rotatable bonds is 3. The fourth-order valence-electron chi connectivity index (χ4n) is 4.70. The first kappa shape index (κ1) is 16.0. The molecule has 0 spiro atoms. The molecule has 22 heavy (non-hydrogen) atoms. The Morgan fingerprint density at radius 1 is 1.09 bits per heavy atom. The topological polar surface area (TPSA) is 23.5 Å². The molecule has 122 valence electrons. The van der Waals surface area contributed by atoms with Crippen LogP contribution >= 0.6 is 0 Å². The normalized spacial score (nSPS) is 34.7. The lowest BCUT2D eigenvalue weighted by Crippen LogP contribution is -2.58. The minimum atomic E-state index is -0.437. The zero-order valence-corrected chi connectivity index (χ0v) is 14.2. The van der Waals surface area contributed by atoms with Gasteiger partial charge in [0, 0.05) is 19.1 Å². The summed E-state index contributed by atoms with van der Waals surface area (Å²) in [7, 11) is 0. The van der Waals surface area contributed by atoms with E-state index in [1.54, 1.807) is 0 Å². The summed E-state index contributed by atoms with van der Waals surface area (Å²) in [4.78, 5) is 2.55. The van der Waals surface area contributed by atoms with Crippen molar-refractivity contribution in [3.63, 3.8) is 0 Å². The molecular weight excluding hydrogens is 270 g/mol. The van der Waals surface area contributed by atoms with Crippen LogP contribution in [0.25, 0.3) is 0 Å². The van der Waals surface area contributed by atoms with E-state index in [9.17, 15) is 5.11 Å². The SMILES string of the molecule is C[C@@H]1CN(Cc2ccccc2)[C@@H](C)C[C@]1(O)C1CCCCC1. The van der Waals surface area contributed by atoms with Gasteiger partial charge in [0.15, 0.2) is 0 Å². The summed E-state index contributed by atoms with van der Waals surface area (Å²) in [5, 5.41) is 11.4. The van der Waals surface area contributed by atoms with Crippen molar-refractivity contribution >= 4 is 0 Å². The van der Waals surface area contributed by atoms with Gasteiger partial charge in [-0.25, -0.2) is 0 Å². The van der Waals surface area contributed by atoms with E-state index >= 15 is 0 Å². The molecule has 2 nitrogen and oxygen atoms in total. The average molecular weight is 301 g/mol. The van der Waals surface area contributed by atoms with Crippen molar-refractivity contribution in [1.82, 2.24) is 4.90 Å². The van der Waals surface area contributed by atoms with Crippen molar-refractivity contribution in [2.75, 3.05) is 6.54 Å². The molecule has 1 heterocycles. The quantitative estimate of drug-likeness (QED) is 0.903. The Morgan fingerprint density at radius 3 is 2.45 bits per heavy atom. The smallest absolute Gasteiger partial charge is 0.0728 e. The first-order valence-corrected chi connectivity index (χ1v) is 9.10. The second-order valence-electron chi connectivity index (χ2n) is 7.70. The minimum Gasteiger partial charge on any atom is -0.389 e. The molecule has 1 N–H and O–H groups in total. The second-order valence-corrected chi connectivity index (χ2v) is 7.70. The van der Waals surface area contributed by atoms with Gasteiger partial charge >= 0.3 is 0 Å². The van der Waals surface area contributed by atoms with Crippen molar-refractivity contribution in [2.45, 2.75) is 70.6 Å². The lowest BCUT2D eigenvalue weighted by atomic mass is 9.66. The van der Waals surface area contributed by atoms with E-state index in [-0.39, 0.29) is 0 Å². The van der Waals surface area contributed by atoms with E-state index in [1.807, 2.05) is 0 Å². The second kappa shape index (κ2) is 6.72. The highest BCUT2D eigenvalue weighted by Gasteiger charge is 2.47. The molecule has 3 rings (SSSR count). The van der Waals surface area contributed by atoms with Gasteiger partial charge in [-0.3, -0.25) is 4.90 Å². The van der Waals surface area contributed by atoms with Crippen molar-refractivity contribution in [3.05, 3.63) is 35.9 Å². The van der Waals surface area contributed by atoms with E-state index in [2.05, 4.69) is 49.1 Å². The Bertz CT molecular complexity index is 468. The van der Waals surface area contributed by atoms with Crippen LogP contribution in [0.5, 0.6) is 0 Å². The predicted octanol–water partition coefficient (Wildman–Crippen LogP) is 4.23. The van der Waals surface area contributed by atoms with E-state index in [0.29, 0.717) is 17.9 Å². The molecule has 0 bridgehead atoms. The molecule has 1 aromatic rings. The summed E-state index contributed by atoms with van der Waals surface area (Å²) >= 11 is 0. The van der Waals surface area contributed by atoms with Gasteiger partial charge in [0.05, 0.1) is 5.60 Å². The van der Waals surface area contributed by atoms with Gasteiger partial charge in [-0.2, -0.15) is 0 Å². The van der Waals surface area contributed by atoms with Crippen LogP contribution in [0, 0.1) is 11.8 Å². The number of aliphatic hydroxyl groups is 1. The molecule has 3 atom stereocenters. The predicted molar refractivity (Wildman–Crippen MR) is 91.6 cm³/mol. The zero-order valence-electron chi connectivity index (χ0n) is 14.2. The lowest BCUT2D eigenvalue weighted by molar-refractivity contribution is -0.131. The molecular formula is C20H31NO. The minimum absolute atomic E-state index is 0.371. The molecule has 1 aliphatic carbocycles. The third kappa shape index (κ3) is 3.23. The van der Waals surface area contributed by atoms with Crippen LogP contribution in [-0.4, -0.2) is 28.2 Å². The molecule has 1 saturated heterocycles. The van der Waals surface area contributed by atoms with Crippen LogP contribution in [0.4, 0.5) is 0 Å². The molecule has 2 heteroatoms. The van der Waals surface area contributed by atoms with Crippen LogP contribution < -0.4 is 0 Å². The van der Waals surface area contributed by atoms with Crippen LogP contribution in [0.2, 0.25) is 0 Å². The van der Waals surface area contributed by atoms with E-state index in [1.165, 1.54) is 37.7 Å². The van der Waals surface area contributed by atoms with Crippen molar-refractivity contribution < 1.29 is 5.11 Å². The Morgan fingerprint density at radius 2 is 1.77 bits per heavy atom. The highest BCUT2D eigenvalue weighted by molar-refractivity contribution is 5.15. The van der Waals surface area contributed by atoms with Crippen molar-refractivity contribution in [1.29, 1.82) is 0 Å². The van der Waals surface area contributed by atoms with Gasteiger partial charge in [0.25, 0.3) is 0 Å². The summed E-state index contributed by atoms with van der Waals surface area (Å²) in [6, 6.07) is 11.2. The van der Waals surface area contributed by atoms with Crippen LogP contribution in [0.3, 0.4) is 0 Å². The van der Waals surface area contributed by atoms with Crippen LogP contribution in [0.1, 0.15) is 57.9 Å². The Hall–Kier alpha value is -0.860. The molecule has 1 aliphatic heterocycles. The van der Waals surface area contributed by atoms with Crippen LogP contribution in [-0.2, 0) is 6.54 Å². The number of piperidine rings is 1. The molecule has 0 amide bonds. The fourth-order valence-corrected chi connectivity index (χ4v) is 4.70. The van der Waals surface area contributed by atoms with E-state index in [4.69, 9.17) is 0 Å². The van der Waals surface area contributed by atoms with Gasteiger partial charge in [0.1, 0.15) is 0 Å². The number of likely N-dealkylation sites (tertiary alicyclic amines) is 1. The van der Waals surface area contributed by atoms with Gasteiger partial charge in [-0.05, 0) is 43.6 Å². The number of hydrogen-bond donors (Lipinski definition) is 1. The van der Waals surface area contributed by atoms with Gasteiger partial charge in [-0.1, -0.05) is 56.5 Å². The highest BCUT2D eigenvalue weighted by atomic mass is 16.3. The maximum Gasteiger partial charge on any atom is 0.0728 e. The Labute approximate surface area is 135 Å². The third-order valence-electron chi connectivity index (χ3n) is 6.15. The molecule has 2 aliphatic rings. The monoisotopic (exact) mass is 301 g/mol. The fraction of sp³-hybridized carbons (Fsp3) is 0.700. The first-order chi connectivity index (χ1) is 10.6. The Balaban J connectivity index is 1.68.